The van der Waals surface area contributed by atoms with Crippen LogP contribution in [0.15, 0.2) is 66.7 Å². The van der Waals surface area contributed by atoms with Crippen LogP contribution in [0.3, 0.4) is 0 Å². The summed E-state index contributed by atoms with van der Waals surface area (Å²) >= 11 is 12.8. The molecule has 4 atom stereocenters. The van der Waals surface area contributed by atoms with E-state index < -0.39 is 17.4 Å². The van der Waals surface area contributed by atoms with Gasteiger partial charge in [0.1, 0.15) is 17.1 Å². The number of methoxy groups -OCH3 is 2. The maximum absolute atomic E-state index is 14.5. The summed E-state index contributed by atoms with van der Waals surface area (Å²) in [5.41, 5.74) is 7.41. The molecule has 0 aliphatic carbocycles. The van der Waals surface area contributed by atoms with Crippen molar-refractivity contribution in [1.29, 1.82) is 0 Å². The Balaban J connectivity index is 1.61. The van der Waals surface area contributed by atoms with Gasteiger partial charge in [-0.1, -0.05) is 65.7 Å². The number of Topliss-reactive ketones (excluding diaryl/α,β-unsaturated/α-hetero) is 1. The fourth-order valence-electron chi connectivity index (χ4n) is 6.81. The molecule has 3 aromatic rings. The zero-order valence-corrected chi connectivity index (χ0v) is 25.5. The molecule has 3 N–H and O–H groups in total. The number of carbonyl (C=O) groups excluding carboxylic acids is 2. The average Bonchev–Trinajstić information content (AvgIpc) is 3.54. The molecule has 0 bridgehead atoms. The van der Waals surface area contributed by atoms with Crippen molar-refractivity contribution in [3.63, 3.8) is 0 Å². The zero-order chi connectivity index (χ0) is 29.9. The van der Waals surface area contributed by atoms with Crippen LogP contribution in [0.5, 0.6) is 11.5 Å². The second-order valence-electron chi connectivity index (χ2n) is 11.2. The Labute approximate surface area is 257 Å². The molecule has 2 saturated heterocycles. The van der Waals surface area contributed by atoms with E-state index in [1.165, 1.54) is 0 Å². The van der Waals surface area contributed by atoms with Gasteiger partial charge in [-0.25, -0.2) is 0 Å². The largest absolute Gasteiger partial charge is 0.496 e. The molecular formula is C33H37Cl2N3O4. The summed E-state index contributed by atoms with van der Waals surface area (Å²) in [6.45, 7) is 2.70. The standard InChI is InChI=1S/C33H37Cl2N3O4/c1-41-28-9-6-10-29(42-2)30(28)31(39)27(17-21-13-15-37-19-21)38-16-14-33(32(36)40,23-7-4-3-5-8-23)24(20-38)22-11-12-25(34)26(35)18-22/h3-12,18,21,24,27,37H,13-17,19-20H2,1-2H3,(H2,36,40). The predicted molar refractivity (Wildman–Crippen MR) is 166 cm³/mol. The Hall–Kier alpha value is -3.10. The van der Waals surface area contributed by atoms with E-state index in [0.717, 1.165) is 30.6 Å². The van der Waals surface area contributed by atoms with Crippen molar-refractivity contribution in [1.82, 2.24) is 10.2 Å². The number of primary amides is 1. The molecule has 2 heterocycles. The number of piperidine rings is 1. The number of benzene rings is 3. The summed E-state index contributed by atoms with van der Waals surface area (Å²) in [5.74, 6) is 0.442. The van der Waals surface area contributed by atoms with Crippen LogP contribution in [0.4, 0.5) is 0 Å². The first kappa shape index (κ1) is 30.4. The van der Waals surface area contributed by atoms with Gasteiger partial charge in [-0.2, -0.15) is 0 Å². The van der Waals surface area contributed by atoms with Crippen LogP contribution in [-0.2, 0) is 10.2 Å². The van der Waals surface area contributed by atoms with Gasteiger partial charge in [0.2, 0.25) is 5.91 Å². The molecule has 222 valence electrons. The quantitative estimate of drug-likeness (QED) is 0.296. The Kier molecular flexibility index (Phi) is 9.43. The fourth-order valence-corrected chi connectivity index (χ4v) is 7.12. The topological polar surface area (TPSA) is 93.9 Å². The number of halogens is 2. The number of likely N-dealkylation sites (tertiary alicyclic amines) is 1. The average molecular weight is 611 g/mol. The lowest BCUT2D eigenvalue weighted by atomic mass is 9.62. The van der Waals surface area contributed by atoms with E-state index in [0.29, 0.717) is 59.0 Å². The molecule has 0 aromatic heterocycles. The summed E-state index contributed by atoms with van der Waals surface area (Å²) in [7, 11) is 3.12. The van der Waals surface area contributed by atoms with Gasteiger partial charge in [-0.3, -0.25) is 14.5 Å². The van der Waals surface area contributed by atoms with Crippen molar-refractivity contribution in [2.24, 2.45) is 11.7 Å². The Morgan fingerprint density at radius 1 is 1.02 bits per heavy atom. The second-order valence-corrected chi connectivity index (χ2v) is 12.0. The van der Waals surface area contributed by atoms with Crippen molar-refractivity contribution >= 4 is 34.9 Å². The molecule has 0 spiro atoms. The maximum atomic E-state index is 14.5. The van der Waals surface area contributed by atoms with Gasteiger partial charge in [-0.15, -0.1) is 0 Å². The van der Waals surface area contributed by atoms with E-state index in [9.17, 15) is 9.59 Å². The molecule has 2 fully saturated rings. The molecule has 4 unspecified atom stereocenters. The predicted octanol–water partition coefficient (Wildman–Crippen LogP) is 5.47. The SMILES string of the molecule is COc1cccc(OC)c1C(=O)C(CC1CCNC1)N1CCC(C(N)=O)(c2ccccc2)C(c2ccc(Cl)c(Cl)c2)C1. The molecule has 0 radical (unpaired) electrons. The highest BCUT2D eigenvalue weighted by Gasteiger charge is 2.51. The zero-order valence-electron chi connectivity index (χ0n) is 23.9. The maximum Gasteiger partial charge on any atom is 0.228 e. The van der Waals surface area contributed by atoms with E-state index in [4.69, 9.17) is 38.4 Å². The number of nitrogens with one attached hydrogen (secondary N) is 1. The van der Waals surface area contributed by atoms with Crippen molar-refractivity contribution in [3.05, 3.63) is 93.5 Å². The highest BCUT2D eigenvalue weighted by atomic mass is 35.5. The molecule has 42 heavy (non-hydrogen) atoms. The highest BCUT2D eigenvalue weighted by Crippen LogP contribution is 2.47. The van der Waals surface area contributed by atoms with Crippen molar-refractivity contribution in [2.75, 3.05) is 40.4 Å². The third-order valence-corrected chi connectivity index (χ3v) is 9.76. The molecule has 3 aromatic carbocycles. The summed E-state index contributed by atoms with van der Waals surface area (Å²) in [6, 6.07) is 20.1. The molecule has 1 amide bonds. The van der Waals surface area contributed by atoms with Gasteiger partial charge in [0.25, 0.3) is 0 Å². The minimum atomic E-state index is -1.00. The number of nitrogens with two attached hydrogens (primary N) is 1. The van der Waals surface area contributed by atoms with Crippen LogP contribution < -0.4 is 20.5 Å². The lowest BCUT2D eigenvalue weighted by molar-refractivity contribution is -0.126. The van der Waals surface area contributed by atoms with Gasteiger partial charge in [-0.05, 0) is 73.7 Å². The summed E-state index contributed by atoms with van der Waals surface area (Å²) in [5, 5.41) is 4.27. The monoisotopic (exact) mass is 609 g/mol. The summed E-state index contributed by atoms with van der Waals surface area (Å²) in [6.07, 6.45) is 2.09. The van der Waals surface area contributed by atoms with E-state index in [2.05, 4.69) is 10.2 Å². The fraction of sp³-hybridized carbons (Fsp3) is 0.394. The third-order valence-electron chi connectivity index (χ3n) is 9.02. The summed E-state index contributed by atoms with van der Waals surface area (Å²) in [4.78, 5) is 30.3. The van der Waals surface area contributed by atoms with E-state index in [-0.39, 0.29) is 11.7 Å². The normalized spacial score (nSPS) is 23.3. The van der Waals surface area contributed by atoms with Crippen LogP contribution in [0.2, 0.25) is 10.0 Å². The summed E-state index contributed by atoms with van der Waals surface area (Å²) < 4.78 is 11.3. The molecule has 2 aliphatic heterocycles. The lowest BCUT2D eigenvalue weighted by Gasteiger charge is -2.49. The number of hydrogen-bond acceptors (Lipinski definition) is 6. The number of hydrogen-bond donors (Lipinski definition) is 2. The Bertz CT molecular complexity index is 1410. The third kappa shape index (κ3) is 5.76. The first-order valence-electron chi connectivity index (χ1n) is 14.3. The van der Waals surface area contributed by atoms with Gasteiger partial charge >= 0.3 is 0 Å². The first-order chi connectivity index (χ1) is 20.3. The van der Waals surface area contributed by atoms with Crippen molar-refractivity contribution < 1.29 is 19.1 Å². The smallest absolute Gasteiger partial charge is 0.228 e. The van der Waals surface area contributed by atoms with E-state index in [1.54, 1.807) is 32.4 Å². The second kappa shape index (κ2) is 13.0. The minimum absolute atomic E-state index is 0.0598. The number of nitrogens with zero attached hydrogens (tertiary/aromatic N) is 1. The minimum Gasteiger partial charge on any atom is -0.496 e. The van der Waals surface area contributed by atoms with Crippen molar-refractivity contribution in [3.8, 4) is 11.5 Å². The van der Waals surface area contributed by atoms with Crippen LogP contribution in [-0.4, -0.2) is 63.0 Å². The first-order valence-corrected chi connectivity index (χ1v) is 15.1. The highest BCUT2D eigenvalue weighted by molar-refractivity contribution is 6.42. The number of ketones is 1. The number of amides is 1. The van der Waals surface area contributed by atoms with Crippen LogP contribution >= 0.6 is 23.2 Å². The Morgan fingerprint density at radius 3 is 2.33 bits per heavy atom. The van der Waals surface area contributed by atoms with Crippen LogP contribution in [0, 0.1) is 5.92 Å². The van der Waals surface area contributed by atoms with Gasteiger partial charge in [0.05, 0.1) is 35.7 Å². The van der Waals surface area contributed by atoms with Crippen LogP contribution in [0.1, 0.15) is 46.7 Å². The van der Waals surface area contributed by atoms with Gasteiger partial charge in [0, 0.05) is 19.0 Å². The number of ether oxygens (including phenoxy) is 2. The molecule has 9 heteroatoms. The molecule has 7 nitrogen and oxygen atoms in total. The van der Waals surface area contributed by atoms with E-state index >= 15 is 0 Å². The van der Waals surface area contributed by atoms with E-state index in [1.807, 2.05) is 48.5 Å². The molecular weight excluding hydrogens is 573 g/mol. The molecule has 2 aliphatic rings. The number of carbonyl (C=O) groups is 2. The number of rotatable bonds is 10. The molecule has 5 rings (SSSR count). The van der Waals surface area contributed by atoms with Crippen molar-refractivity contribution in [2.45, 2.75) is 36.6 Å². The lowest BCUT2D eigenvalue weighted by Crippen LogP contribution is -2.58. The van der Waals surface area contributed by atoms with Gasteiger partial charge < -0.3 is 20.5 Å². The van der Waals surface area contributed by atoms with Crippen LogP contribution in [0.25, 0.3) is 0 Å². The molecule has 0 saturated carbocycles. The van der Waals surface area contributed by atoms with Gasteiger partial charge in [0.15, 0.2) is 5.78 Å². The Morgan fingerprint density at radius 2 is 1.74 bits per heavy atom.